The number of ether oxygens (including phenoxy) is 1. The minimum atomic E-state index is -0.989. The van der Waals surface area contributed by atoms with Gasteiger partial charge in [0.2, 0.25) is 11.9 Å². The van der Waals surface area contributed by atoms with Crippen LogP contribution in [0.4, 0.5) is 5.95 Å². The molecule has 1 aliphatic rings. The lowest BCUT2D eigenvalue weighted by molar-refractivity contribution is -0.140. The summed E-state index contributed by atoms with van der Waals surface area (Å²) in [6.07, 6.45) is 0.159. The van der Waals surface area contributed by atoms with E-state index in [0.29, 0.717) is 25.5 Å². The lowest BCUT2D eigenvalue weighted by Crippen LogP contribution is -2.36. The first kappa shape index (κ1) is 18.0. The number of carboxylic acid groups (broad SMARTS) is 1. The molecule has 3 aromatic rings. The van der Waals surface area contributed by atoms with Crippen LogP contribution in [0.1, 0.15) is 24.5 Å². The second kappa shape index (κ2) is 7.34. The maximum absolute atomic E-state index is 13.2. The number of nitrogens with one attached hydrogen (secondary N) is 1. The summed E-state index contributed by atoms with van der Waals surface area (Å²) in [7, 11) is 0. The van der Waals surface area contributed by atoms with E-state index in [2.05, 4.69) is 9.97 Å². The van der Waals surface area contributed by atoms with Crippen molar-refractivity contribution in [2.75, 3.05) is 11.5 Å². The van der Waals surface area contributed by atoms with Crippen LogP contribution in [0, 0.1) is 5.92 Å². The van der Waals surface area contributed by atoms with E-state index in [4.69, 9.17) is 4.74 Å². The van der Waals surface area contributed by atoms with Gasteiger partial charge in [0, 0.05) is 0 Å². The number of rotatable bonds is 5. The van der Waals surface area contributed by atoms with Crippen molar-refractivity contribution in [1.29, 1.82) is 0 Å². The van der Waals surface area contributed by atoms with Crippen LogP contribution in [-0.4, -0.2) is 33.6 Å². The number of H-pyrrole nitrogens is 1. The van der Waals surface area contributed by atoms with Crippen LogP contribution < -0.4 is 9.64 Å². The molecule has 7 heteroatoms. The number of aliphatic carboxylic acids is 1. The Labute approximate surface area is 162 Å². The van der Waals surface area contributed by atoms with Crippen LogP contribution in [-0.2, 0) is 22.6 Å². The van der Waals surface area contributed by atoms with E-state index in [0.717, 1.165) is 27.9 Å². The van der Waals surface area contributed by atoms with Crippen molar-refractivity contribution in [2.24, 2.45) is 5.92 Å². The van der Waals surface area contributed by atoms with Crippen molar-refractivity contribution in [3.8, 4) is 5.75 Å². The molecule has 0 spiro atoms. The molecule has 0 radical (unpaired) electrons. The third-order valence-corrected chi connectivity index (χ3v) is 4.95. The number of benzene rings is 2. The number of para-hydroxylation sites is 2. The molecule has 0 bridgehead atoms. The molecular formula is C21H21N3O4. The molecule has 1 aromatic heterocycles. The Kier molecular flexibility index (Phi) is 4.73. The first-order chi connectivity index (χ1) is 13.5. The zero-order valence-electron chi connectivity index (χ0n) is 15.5. The van der Waals surface area contributed by atoms with E-state index < -0.39 is 11.9 Å². The van der Waals surface area contributed by atoms with Crippen molar-refractivity contribution < 1.29 is 19.4 Å². The Bertz CT molecular complexity index is 1010. The highest BCUT2D eigenvalue weighted by Gasteiger charge is 2.33. The van der Waals surface area contributed by atoms with Gasteiger partial charge in [0.25, 0.3) is 0 Å². The molecule has 4 rings (SSSR count). The number of aromatic amines is 1. The number of amides is 1. The fraction of sp³-hybridized carbons (Fsp3) is 0.286. The van der Waals surface area contributed by atoms with E-state index in [-0.39, 0.29) is 12.3 Å². The van der Waals surface area contributed by atoms with E-state index in [1.54, 1.807) is 4.90 Å². The largest absolute Gasteiger partial charge is 0.494 e. The predicted octanol–water partition coefficient (Wildman–Crippen LogP) is 3.14. The van der Waals surface area contributed by atoms with Gasteiger partial charge in [-0.25, -0.2) is 4.98 Å². The highest BCUT2D eigenvalue weighted by molar-refractivity contribution is 5.97. The molecule has 1 aliphatic heterocycles. The SMILES string of the molecule is CCOc1ccc2c(c1)CN(c1nc3ccccc3[nH]1)C(=O)C(CC(=O)O)C2. The van der Waals surface area contributed by atoms with Gasteiger partial charge in [-0.15, -0.1) is 0 Å². The Morgan fingerprint density at radius 1 is 1.29 bits per heavy atom. The number of carbonyl (C=O) groups excluding carboxylic acids is 1. The summed E-state index contributed by atoms with van der Waals surface area (Å²) in [5, 5.41) is 9.29. The highest BCUT2D eigenvalue weighted by atomic mass is 16.5. The van der Waals surface area contributed by atoms with Crippen LogP contribution in [0.3, 0.4) is 0 Å². The lowest BCUT2D eigenvalue weighted by Gasteiger charge is -2.21. The molecule has 2 heterocycles. The number of carbonyl (C=O) groups is 2. The van der Waals surface area contributed by atoms with E-state index in [1.165, 1.54) is 0 Å². The maximum atomic E-state index is 13.2. The average Bonchev–Trinajstić information content (AvgIpc) is 3.05. The molecule has 0 aliphatic carbocycles. The van der Waals surface area contributed by atoms with Crippen molar-refractivity contribution in [3.63, 3.8) is 0 Å². The van der Waals surface area contributed by atoms with Gasteiger partial charge >= 0.3 is 5.97 Å². The molecule has 0 saturated heterocycles. The standard InChI is InChI=1S/C21H21N3O4/c1-2-28-16-8-7-13-9-14(11-19(25)26)20(27)24(12-15(13)10-16)21-22-17-5-3-4-6-18(17)23-21/h3-8,10,14H,2,9,11-12H2,1H3,(H,22,23)(H,25,26). The topological polar surface area (TPSA) is 95.5 Å². The molecule has 7 nitrogen and oxygen atoms in total. The number of anilines is 1. The molecule has 28 heavy (non-hydrogen) atoms. The summed E-state index contributed by atoms with van der Waals surface area (Å²) in [6, 6.07) is 13.2. The van der Waals surface area contributed by atoms with E-state index >= 15 is 0 Å². The van der Waals surface area contributed by atoms with Gasteiger partial charge in [0.05, 0.1) is 36.5 Å². The number of hydrogen-bond acceptors (Lipinski definition) is 4. The second-order valence-electron chi connectivity index (χ2n) is 6.86. The number of nitrogens with zero attached hydrogens (tertiary/aromatic N) is 2. The van der Waals surface area contributed by atoms with Gasteiger partial charge in [-0.1, -0.05) is 18.2 Å². The van der Waals surface area contributed by atoms with E-state index in [9.17, 15) is 14.7 Å². The smallest absolute Gasteiger partial charge is 0.304 e. The summed E-state index contributed by atoms with van der Waals surface area (Å²) in [4.78, 5) is 33.8. The number of carboxylic acids is 1. The maximum Gasteiger partial charge on any atom is 0.304 e. The highest BCUT2D eigenvalue weighted by Crippen LogP contribution is 2.31. The first-order valence-electron chi connectivity index (χ1n) is 9.27. The summed E-state index contributed by atoms with van der Waals surface area (Å²) in [6.45, 7) is 2.77. The minimum absolute atomic E-state index is 0.220. The molecule has 2 aromatic carbocycles. The zero-order valence-corrected chi connectivity index (χ0v) is 15.5. The Hall–Kier alpha value is -3.35. The van der Waals surface area contributed by atoms with Crippen LogP contribution >= 0.6 is 0 Å². The lowest BCUT2D eigenvalue weighted by atomic mass is 9.94. The van der Waals surface area contributed by atoms with Gasteiger partial charge in [-0.2, -0.15) is 0 Å². The van der Waals surface area contributed by atoms with Crippen molar-refractivity contribution in [2.45, 2.75) is 26.3 Å². The van der Waals surface area contributed by atoms with Gasteiger partial charge in [-0.3, -0.25) is 14.5 Å². The summed E-state index contributed by atoms with van der Waals surface area (Å²) in [5.74, 6) is -0.719. The quantitative estimate of drug-likeness (QED) is 0.710. The molecule has 0 fully saturated rings. The number of imidazole rings is 1. The summed E-state index contributed by atoms with van der Waals surface area (Å²) >= 11 is 0. The average molecular weight is 379 g/mol. The fourth-order valence-corrected chi connectivity index (χ4v) is 3.64. The molecule has 1 unspecified atom stereocenters. The molecule has 1 atom stereocenters. The summed E-state index contributed by atoms with van der Waals surface area (Å²) in [5.41, 5.74) is 3.48. The van der Waals surface area contributed by atoms with Crippen LogP contribution in [0.5, 0.6) is 5.75 Å². The van der Waals surface area contributed by atoms with Crippen molar-refractivity contribution in [1.82, 2.24) is 9.97 Å². The van der Waals surface area contributed by atoms with Gasteiger partial charge < -0.3 is 14.8 Å². The van der Waals surface area contributed by atoms with Gasteiger partial charge in [-0.05, 0) is 48.7 Å². The van der Waals surface area contributed by atoms with E-state index in [1.807, 2.05) is 49.4 Å². The monoisotopic (exact) mass is 379 g/mol. The van der Waals surface area contributed by atoms with Crippen molar-refractivity contribution >= 4 is 28.9 Å². The molecule has 144 valence electrons. The molecule has 0 saturated carbocycles. The molecular weight excluding hydrogens is 358 g/mol. The van der Waals surface area contributed by atoms with Gasteiger partial charge in [0.1, 0.15) is 5.75 Å². The second-order valence-corrected chi connectivity index (χ2v) is 6.86. The number of hydrogen-bond donors (Lipinski definition) is 2. The molecule has 1 amide bonds. The van der Waals surface area contributed by atoms with Crippen LogP contribution in [0.15, 0.2) is 42.5 Å². The molecule has 2 N–H and O–H groups in total. The van der Waals surface area contributed by atoms with Crippen molar-refractivity contribution in [3.05, 3.63) is 53.6 Å². The summed E-state index contributed by atoms with van der Waals surface area (Å²) < 4.78 is 5.60. The Morgan fingerprint density at radius 3 is 2.86 bits per heavy atom. The zero-order chi connectivity index (χ0) is 19.7. The normalized spacial score (nSPS) is 16.7. The minimum Gasteiger partial charge on any atom is -0.494 e. The first-order valence-corrected chi connectivity index (χ1v) is 9.27. The number of fused-ring (bicyclic) bond motifs is 2. The third kappa shape index (κ3) is 3.43. The van der Waals surface area contributed by atoms with Crippen LogP contribution in [0.2, 0.25) is 0 Å². The fourth-order valence-electron chi connectivity index (χ4n) is 3.64. The predicted molar refractivity (Wildman–Crippen MR) is 104 cm³/mol. The Morgan fingerprint density at radius 2 is 2.11 bits per heavy atom. The third-order valence-electron chi connectivity index (χ3n) is 4.95. The number of aromatic nitrogens is 2. The van der Waals surface area contributed by atoms with Crippen LogP contribution in [0.25, 0.3) is 11.0 Å². The van der Waals surface area contributed by atoms with Gasteiger partial charge in [0.15, 0.2) is 0 Å². The Balaban J connectivity index is 1.78.